The van der Waals surface area contributed by atoms with Crippen molar-refractivity contribution in [3.8, 4) is 22.3 Å². The van der Waals surface area contributed by atoms with E-state index < -0.39 is 5.41 Å². The maximum absolute atomic E-state index is 2.45. The van der Waals surface area contributed by atoms with E-state index in [9.17, 15) is 0 Å². The average Bonchev–Trinajstić information content (AvgIpc) is 3.53. The van der Waals surface area contributed by atoms with Gasteiger partial charge in [-0.25, -0.2) is 0 Å². The predicted molar refractivity (Wildman–Crippen MR) is 231 cm³/mol. The van der Waals surface area contributed by atoms with Crippen molar-refractivity contribution in [2.75, 3.05) is 4.90 Å². The van der Waals surface area contributed by atoms with Crippen LogP contribution >= 0.6 is 0 Å². The van der Waals surface area contributed by atoms with Crippen LogP contribution in [0.3, 0.4) is 0 Å². The van der Waals surface area contributed by atoms with Crippen LogP contribution in [0.25, 0.3) is 43.8 Å². The fourth-order valence-electron chi connectivity index (χ4n) is 10.1. The lowest BCUT2D eigenvalue weighted by Gasteiger charge is -2.46. The highest BCUT2D eigenvalue weighted by molar-refractivity contribution is 6.01. The molecule has 0 aliphatic heterocycles. The molecule has 0 saturated heterocycles. The Morgan fingerprint density at radius 1 is 0.345 bits per heavy atom. The van der Waals surface area contributed by atoms with Gasteiger partial charge in [0.1, 0.15) is 0 Å². The van der Waals surface area contributed by atoms with Crippen molar-refractivity contribution < 1.29 is 0 Å². The van der Waals surface area contributed by atoms with Crippen LogP contribution in [0.2, 0.25) is 0 Å². The largest absolute Gasteiger partial charge is 0.310 e. The van der Waals surface area contributed by atoms with Crippen LogP contribution in [0.5, 0.6) is 0 Å². The molecule has 2 aliphatic rings. The van der Waals surface area contributed by atoms with E-state index in [-0.39, 0.29) is 5.41 Å². The maximum atomic E-state index is 2.45. The Morgan fingerprint density at radius 2 is 0.836 bits per heavy atom. The van der Waals surface area contributed by atoms with Crippen LogP contribution in [0, 0.1) is 0 Å². The number of hydrogen-bond donors (Lipinski definition) is 0. The van der Waals surface area contributed by atoms with Crippen LogP contribution in [-0.2, 0) is 10.8 Å². The summed E-state index contributed by atoms with van der Waals surface area (Å²) >= 11 is 0. The molecule has 0 bridgehead atoms. The molecule has 0 N–H and O–H groups in total. The van der Waals surface area contributed by atoms with Crippen molar-refractivity contribution >= 4 is 38.6 Å². The second-order valence-corrected chi connectivity index (χ2v) is 15.6. The minimum absolute atomic E-state index is 0.126. The monoisotopic (exact) mass is 701 g/mol. The van der Waals surface area contributed by atoms with E-state index in [1.54, 1.807) is 0 Å². The van der Waals surface area contributed by atoms with Crippen molar-refractivity contribution in [3.63, 3.8) is 0 Å². The van der Waals surface area contributed by atoms with Gasteiger partial charge < -0.3 is 4.90 Å². The molecule has 0 unspecified atom stereocenters. The normalized spacial score (nSPS) is 14.3. The minimum Gasteiger partial charge on any atom is -0.310 e. The lowest BCUT2D eigenvalue weighted by atomic mass is 9.55. The first-order chi connectivity index (χ1) is 27.0. The zero-order valence-corrected chi connectivity index (χ0v) is 31.0. The van der Waals surface area contributed by atoms with Gasteiger partial charge in [0.25, 0.3) is 0 Å². The molecule has 1 heteroatoms. The van der Waals surface area contributed by atoms with Gasteiger partial charge in [-0.05, 0) is 102 Å². The predicted octanol–water partition coefficient (Wildman–Crippen LogP) is 14.1. The third-order valence-corrected chi connectivity index (χ3v) is 12.5. The molecule has 11 rings (SSSR count). The summed E-state index contributed by atoms with van der Waals surface area (Å²) in [5.41, 5.74) is 16.2. The van der Waals surface area contributed by atoms with Crippen molar-refractivity contribution in [1.29, 1.82) is 0 Å². The highest BCUT2D eigenvalue weighted by Gasteiger charge is 2.53. The molecular weight excluding hydrogens is 663 g/mol. The Bertz CT molecular complexity index is 2910. The van der Waals surface area contributed by atoms with Gasteiger partial charge in [0.15, 0.2) is 0 Å². The summed E-state index contributed by atoms with van der Waals surface area (Å²) in [5.74, 6) is 0. The van der Waals surface area contributed by atoms with E-state index in [1.165, 1.54) is 77.2 Å². The summed E-state index contributed by atoms with van der Waals surface area (Å²) in [6.45, 7) is 4.77. The Morgan fingerprint density at radius 3 is 1.55 bits per heavy atom. The fraction of sp³-hybridized carbons (Fsp3) is 0.0741. The van der Waals surface area contributed by atoms with Gasteiger partial charge in [0, 0.05) is 22.2 Å². The number of nitrogens with zero attached hydrogens (tertiary/aromatic N) is 1. The average molecular weight is 702 g/mol. The topological polar surface area (TPSA) is 3.24 Å². The van der Waals surface area contributed by atoms with Crippen LogP contribution in [0.4, 0.5) is 17.1 Å². The third-order valence-electron chi connectivity index (χ3n) is 12.5. The molecular formula is C54H39N. The molecule has 9 aromatic carbocycles. The Labute approximate surface area is 322 Å². The molecule has 0 aromatic heterocycles. The fourth-order valence-corrected chi connectivity index (χ4v) is 10.1. The summed E-state index contributed by atoms with van der Waals surface area (Å²) < 4.78 is 0. The van der Waals surface area contributed by atoms with Crippen molar-refractivity contribution in [2.24, 2.45) is 0 Å². The number of benzene rings is 9. The highest BCUT2D eigenvalue weighted by Crippen LogP contribution is 2.62. The molecule has 260 valence electrons. The second kappa shape index (κ2) is 11.9. The lowest BCUT2D eigenvalue weighted by molar-refractivity contribution is 0.563. The van der Waals surface area contributed by atoms with Gasteiger partial charge >= 0.3 is 0 Å². The molecule has 0 amide bonds. The van der Waals surface area contributed by atoms with Gasteiger partial charge in [-0.2, -0.15) is 0 Å². The van der Waals surface area contributed by atoms with E-state index >= 15 is 0 Å². The van der Waals surface area contributed by atoms with Gasteiger partial charge in [-0.3, -0.25) is 0 Å². The zero-order valence-electron chi connectivity index (χ0n) is 31.0. The maximum Gasteiger partial charge on any atom is 0.0719 e. The molecule has 0 radical (unpaired) electrons. The van der Waals surface area contributed by atoms with Crippen molar-refractivity contribution in [2.45, 2.75) is 24.7 Å². The Balaban J connectivity index is 1.15. The molecule has 0 fully saturated rings. The summed E-state index contributed by atoms with van der Waals surface area (Å²) in [6.07, 6.45) is 0. The summed E-state index contributed by atoms with van der Waals surface area (Å²) in [5, 5.41) is 4.97. The number of hydrogen-bond acceptors (Lipinski definition) is 1. The van der Waals surface area contributed by atoms with Crippen molar-refractivity contribution in [1.82, 2.24) is 0 Å². The quantitative estimate of drug-likeness (QED) is 0.177. The molecule has 1 spiro atoms. The SMILES string of the molecule is CC1(C)c2ccccc2C2(c3ccccc3-c3cc(N(c4ccc(-c5cccc6ccccc56)cc4)c4cccc5ccccc45)ccc32)c2ccccc21. The van der Waals surface area contributed by atoms with E-state index in [4.69, 9.17) is 0 Å². The van der Waals surface area contributed by atoms with Gasteiger partial charge in [-0.15, -0.1) is 0 Å². The number of fused-ring (bicyclic) bond motifs is 11. The molecule has 2 aliphatic carbocycles. The van der Waals surface area contributed by atoms with Gasteiger partial charge in [0.2, 0.25) is 0 Å². The van der Waals surface area contributed by atoms with E-state index in [0.29, 0.717) is 0 Å². The first-order valence-corrected chi connectivity index (χ1v) is 19.4. The number of anilines is 3. The zero-order chi connectivity index (χ0) is 36.7. The first kappa shape index (κ1) is 31.8. The summed E-state index contributed by atoms with van der Waals surface area (Å²) in [6, 6.07) is 74.5. The van der Waals surface area contributed by atoms with Crippen LogP contribution < -0.4 is 4.90 Å². The molecule has 0 heterocycles. The minimum atomic E-state index is -0.419. The smallest absolute Gasteiger partial charge is 0.0719 e. The van der Waals surface area contributed by atoms with Crippen molar-refractivity contribution in [3.05, 3.63) is 234 Å². The molecule has 0 saturated carbocycles. The lowest BCUT2D eigenvalue weighted by Crippen LogP contribution is -2.40. The van der Waals surface area contributed by atoms with Gasteiger partial charge in [-0.1, -0.05) is 184 Å². The van der Waals surface area contributed by atoms with E-state index in [2.05, 4.69) is 219 Å². The molecule has 1 nitrogen and oxygen atoms in total. The standard InChI is InChI=1S/C54H39N/c1-53(2)48-24-9-11-26-50(48)54(51-27-12-10-25-49(51)53)46-23-8-7-21-44(46)45-35-40(33-34-47(45)54)55(52-28-14-18-37-16-4-6-20-43(37)52)39-31-29-38(30-32-39)42-22-13-17-36-15-3-5-19-41(36)42/h3-35H,1-2H3. The molecule has 0 atom stereocenters. The summed E-state index contributed by atoms with van der Waals surface area (Å²) in [7, 11) is 0. The molecule has 9 aromatic rings. The van der Waals surface area contributed by atoms with Crippen LogP contribution in [0.1, 0.15) is 47.2 Å². The second-order valence-electron chi connectivity index (χ2n) is 15.6. The van der Waals surface area contributed by atoms with Crippen LogP contribution in [0.15, 0.2) is 200 Å². The molecule has 55 heavy (non-hydrogen) atoms. The first-order valence-electron chi connectivity index (χ1n) is 19.4. The van der Waals surface area contributed by atoms with E-state index in [0.717, 1.165) is 17.1 Å². The van der Waals surface area contributed by atoms with Crippen LogP contribution in [-0.4, -0.2) is 0 Å². The third kappa shape index (κ3) is 4.47. The van der Waals surface area contributed by atoms with Gasteiger partial charge in [0.05, 0.1) is 11.1 Å². The Hall–Kier alpha value is -6.70. The summed E-state index contributed by atoms with van der Waals surface area (Å²) in [4.78, 5) is 2.45. The Kier molecular flexibility index (Phi) is 6.88. The number of rotatable bonds is 4. The van der Waals surface area contributed by atoms with E-state index in [1.807, 2.05) is 0 Å². The highest BCUT2D eigenvalue weighted by atomic mass is 15.1.